The average Bonchev–Trinajstić information content (AvgIpc) is 3.11. The topological polar surface area (TPSA) is 86.9 Å². The van der Waals surface area contributed by atoms with Gasteiger partial charge in [0.25, 0.3) is 0 Å². The largest absolute Gasteiger partial charge is 0.467 e. The average molecular weight is 492 g/mol. The number of benzene rings is 1. The maximum Gasteiger partial charge on any atom is 0.242 e. The van der Waals surface area contributed by atoms with Gasteiger partial charge in [0, 0.05) is 20.6 Å². The molecule has 0 spiro atoms. The van der Waals surface area contributed by atoms with Gasteiger partial charge >= 0.3 is 0 Å². The van der Waals surface area contributed by atoms with Crippen LogP contribution in [-0.4, -0.2) is 39.3 Å². The van der Waals surface area contributed by atoms with E-state index in [2.05, 4.69) is 15.6 Å². The van der Waals surface area contributed by atoms with E-state index < -0.39 is 10.0 Å². The van der Waals surface area contributed by atoms with Crippen LogP contribution in [0.25, 0.3) is 0 Å². The molecular formula is C17H25IN4O3S. The van der Waals surface area contributed by atoms with Gasteiger partial charge in [0.1, 0.15) is 5.76 Å². The molecule has 0 aliphatic rings. The summed E-state index contributed by atoms with van der Waals surface area (Å²) < 4.78 is 31.4. The first kappa shape index (κ1) is 22.5. The number of nitrogens with one attached hydrogen (secondary N) is 2. The number of furan rings is 1. The fourth-order valence-corrected chi connectivity index (χ4v) is 3.28. The first-order chi connectivity index (χ1) is 11.9. The number of sulfonamides is 1. The molecule has 1 aromatic heterocycles. The number of halogens is 1. The summed E-state index contributed by atoms with van der Waals surface area (Å²) in [6.07, 6.45) is 1.61. The summed E-state index contributed by atoms with van der Waals surface area (Å²) in [5, 5.41) is 6.29. The van der Waals surface area contributed by atoms with E-state index in [1.54, 1.807) is 24.5 Å². The molecule has 144 valence electrons. The van der Waals surface area contributed by atoms with E-state index in [9.17, 15) is 8.42 Å². The van der Waals surface area contributed by atoms with Gasteiger partial charge in [-0.05, 0) is 30.7 Å². The Balaban J connectivity index is 0.00000338. The number of rotatable bonds is 7. The molecule has 0 aliphatic heterocycles. The fourth-order valence-electron chi connectivity index (χ4n) is 2.17. The Morgan fingerprint density at radius 3 is 2.50 bits per heavy atom. The van der Waals surface area contributed by atoms with Crippen LogP contribution in [0, 0.1) is 0 Å². The second-order valence-electron chi connectivity index (χ2n) is 5.52. The van der Waals surface area contributed by atoms with Crippen LogP contribution < -0.4 is 10.6 Å². The van der Waals surface area contributed by atoms with Crippen molar-refractivity contribution in [3.05, 3.63) is 54.0 Å². The molecule has 0 saturated carbocycles. The number of hydrogen-bond donors (Lipinski definition) is 2. The quantitative estimate of drug-likeness (QED) is 0.352. The van der Waals surface area contributed by atoms with Gasteiger partial charge in [0.05, 0.1) is 24.2 Å². The van der Waals surface area contributed by atoms with Crippen LogP contribution in [0.3, 0.4) is 0 Å². The lowest BCUT2D eigenvalue weighted by atomic mass is 10.2. The Bertz CT molecular complexity index is 805. The lowest BCUT2D eigenvalue weighted by Crippen LogP contribution is -2.36. The van der Waals surface area contributed by atoms with Gasteiger partial charge in [-0.15, -0.1) is 24.0 Å². The lowest BCUT2D eigenvalue weighted by Gasteiger charge is -2.15. The number of nitrogens with zero attached hydrogens (tertiary/aromatic N) is 2. The van der Waals surface area contributed by atoms with Crippen molar-refractivity contribution in [2.24, 2.45) is 4.99 Å². The molecule has 1 heterocycles. The van der Waals surface area contributed by atoms with Crippen molar-refractivity contribution in [2.45, 2.75) is 24.9 Å². The molecule has 0 amide bonds. The Morgan fingerprint density at radius 1 is 1.15 bits per heavy atom. The van der Waals surface area contributed by atoms with E-state index in [-0.39, 0.29) is 35.4 Å². The predicted molar refractivity (Wildman–Crippen MR) is 113 cm³/mol. The molecule has 0 atom stereocenters. The Hall–Kier alpha value is -1.59. The van der Waals surface area contributed by atoms with Gasteiger partial charge in [-0.25, -0.2) is 17.7 Å². The molecule has 0 fully saturated rings. The van der Waals surface area contributed by atoms with E-state index >= 15 is 0 Å². The van der Waals surface area contributed by atoms with Crippen molar-refractivity contribution in [2.75, 3.05) is 20.6 Å². The van der Waals surface area contributed by atoms with Crippen molar-refractivity contribution < 1.29 is 12.8 Å². The summed E-state index contributed by atoms with van der Waals surface area (Å²) >= 11 is 0. The van der Waals surface area contributed by atoms with Gasteiger partial charge in [-0.2, -0.15) is 0 Å². The summed E-state index contributed by atoms with van der Waals surface area (Å²) in [5.74, 6) is 1.39. The highest BCUT2D eigenvalue weighted by molar-refractivity contribution is 14.0. The van der Waals surface area contributed by atoms with Gasteiger partial charge in [-0.3, -0.25) is 0 Å². The van der Waals surface area contributed by atoms with Crippen LogP contribution in [0.5, 0.6) is 0 Å². The molecule has 2 N–H and O–H groups in total. The highest BCUT2D eigenvalue weighted by Crippen LogP contribution is 2.19. The fraction of sp³-hybridized carbons (Fsp3) is 0.353. The van der Waals surface area contributed by atoms with E-state index in [0.717, 1.165) is 5.76 Å². The van der Waals surface area contributed by atoms with Crippen LogP contribution in [0.2, 0.25) is 0 Å². The normalized spacial score (nSPS) is 11.9. The summed E-state index contributed by atoms with van der Waals surface area (Å²) in [5.41, 5.74) is 0.645. The SMILES string of the molecule is CCNC(=NCc1ccccc1S(=O)(=O)N(C)C)NCc1ccco1.I. The van der Waals surface area contributed by atoms with Crippen molar-refractivity contribution in [3.8, 4) is 0 Å². The number of aliphatic imine (C=N–C) groups is 1. The third-order valence-corrected chi connectivity index (χ3v) is 5.41. The highest BCUT2D eigenvalue weighted by Gasteiger charge is 2.20. The van der Waals surface area contributed by atoms with Gasteiger partial charge in [-0.1, -0.05) is 18.2 Å². The maximum absolute atomic E-state index is 12.4. The molecule has 0 radical (unpaired) electrons. The third kappa shape index (κ3) is 5.99. The molecule has 9 heteroatoms. The second-order valence-corrected chi connectivity index (χ2v) is 7.64. The van der Waals surface area contributed by atoms with Crippen molar-refractivity contribution >= 4 is 40.0 Å². The second kappa shape index (κ2) is 10.5. The standard InChI is InChI=1S/C17H24N4O3S.HI/c1-4-18-17(20-13-15-9-7-11-24-15)19-12-14-8-5-6-10-16(14)25(22,23)21(2)3;/h5-11H,4,12-13H2,1-3H3,(H2,18,19,20);1H. The van der Waals surface area contributed by atoms with Crippen molar-refractivity contribution in [3.63, 3.8) is 0 Å². The molecule has 2 aromatic rings. The van der Waals surface area contributed by atoms with Crippen molar-refractivity contribution in [1.82, 2.24) is 14.9 Å². The van der Waals surface area contributed by atoms with Crippen LogP contribution in [-0.2, 0) is 23.1 Å². The molecule has 26 heavy (non-hydrogen) atoms. The Morgan fingerprint density at radius 2 is 1.88 bits per heavy atom. The smallest absolute Gasteiger partial charge is 0.242 e. The Kier molecular flexibility index (Phi) is 9.09. The first-order valence-electron chi connectivity index (χ1n) is 8.00. The van der Waals surface area contributed by atoms with E-state index in [0.29, 0.717) is 24.6 Å². The zero-order chi connectivity index (χ0) is 18.3. The summed E-state index contributed by atoms with van der Waals surface area (Å²) in [6.45, 7) is 3.41. The van der Waals surface area contributed by atoms with Gasteiger partial charge < -0.3 is 15.1 Å². The lowest BCUT2D eigenvalue weighted by molar-refractivity contribution is 0.501. The van der Waals surface area contributed by atoms with Crippen LogP contribution in [0.1, 0.15) is 18.2 Å². The summed E-state index contributed by atoms with van der Waals surface area (Å²) in [7, 11) is -0.471. The van der Waals surface area contributed by atoms with E-state index in [1.807, 2.05) is 25.1 Å². The molecule has 0 saturated heterocycles. The minimum Gasteiger partial charge on any atom is -0.467 e. The molecule has 0 bridgehead atoms. The zero-order valence-corrected chi connectivity index (χ0v) is 18.2. The molecule has 2 rings (SSSR count). The number of hydrogen-bond acceptors (Lipinski definition) is 4. The van der Waals surface area contributed by atoms with Crippen molar-refractivity contribution in [1.29, 1.82) is 0 Å². The van der Waals surface area contributed by atoms with Gasteiger partial charge in [0.15, 0.2) is 5.96 Å². The van der Waals surface area contributed by atoms with E-state index in [4.69, 9.17) is 4.42 Å². The van der Waals surface area contributed by atoms with Crippen LogP contribution in [0.4, 0.5) is 0 Å². The maximum atomic E-state index is 12.4. The van der Waals surface area contributed by atoms with Crippen LogP contribution >= 0.6 is 24.0 Å². The minimum atomic E-state index is -3.51. The summed E-state index contributed by atoms with van der Waals surface area (Å²) in [6, 6.07) is 10.6. The Labute approximate surface area is 171 Å². The first-order valence-corrected chi connectivity index (χ1v) is 9.44. The highest BCUT2D eigenvalue weighted by atomic mass is 127. The summed E-state index contributed by atoms with van der Waals surface area (Å²) in [4.78, 5) is 4.76. The van der Waals surface area contributed by atoms with Gasteiger partial charge in [0.2, 0.25) is 10.0 Å². The van der Waals surface area contributed by atoms with E-state index in [1.165, 1.54) is 18.4 Å². The third-order valence-electron chi connectivity index (χ3n) is 3.49. The minimum absolute atomic E-state index is 0. The number of guanidine groups is 1. The molecule has 0 unspecified atom stereocenters. The molecule has 7 nitrogen and oxygen atoms in total. The zero-order valence-electron chi connectivity index (χ0n) is 15.1. The monoisotopic (exact) mass is 492 g/mol. The molecular weight excluding hydrogens is 467 g/mol. The molecule has 1 aromatic carbocycles. The predicted octanol–water partition coefficient (Wildman–Crippen LogP) is 2.40. The van der Waals surface area contributed by atoms with Crippen LogP contribution in [0.15, 0.2) is 57.0 Å². The molecule has 0 aliphatic carbocycles.